The molecule has 0 N–H and O–H groups in total. The summed E-state index contributed by atoms with van der Waals surface area (Å²) < 4.78 is 3.29. The lowest BCUT2D eigenvalue weighted by Gasteiger charge is -2.33. The summed E-state index contributed by atoms with van der Waals surface area (Å²) in [5.41, 5.74) is -0.0700. The highest BCUT2D eigenvalue weighted by Gasteiger charge is 2.25. The molecule has 0 aliphatic carbocycles. The molecule has 0 spiro atoms. The van der Waals surface area contributed by atoms with Gasteiger partial charge in [0.1, 0.15) is 11.2 Å². The Bertz CT molecular complexity index is 893. The molecule has 136 valence electrons. The van der Waals surface area contributed by atoms with Gasteiger partial charge in [0.05, 0.1) is 5.52 Å². The van der Waals surface area contributed by atoms with Crippen molar-refractivity contribution in [2.24, 2.45) is 5.92 Å². The highest BCUT2D eigenvalue weighted by atomic mass is 32.1. The van der Waals surface area contributed by atoms with Crippen LogP contribution < -0.4 is 11.2 Å². The third-order valence-corrected chi connectivity index (χ3v) is 5.69. The highest BCUT2D eigenvalue weighted by Crippen LogP contribution is 2.19. The molecule has 2 aromatic heterocycles. The lowest BCUT2D eigenvalue weighted by Crippen LogP contribution is -2.47. The van der Waals surface area contributed by atoms with Gasteiger partial charge in [-0.1, -0.05) is 13.8 Å². The fourth-order valence-corrected chi connectivity index (χ4v) is 4.35. The number of hydrogen-bond acceptors (Lipinski definition) is 4. The van der Waals surface area contributed by atoms with Gasteiger partial charge in [-0.3, -0.25) is 18.7 Å². The predicted octanol–water partition coefficient (Wildman–Crippen LogP) is 2.28. The molecule has 0 radical (unpaired) electrons. The number of aromatic nitrogens is 2. The first-order valence-electron chi connectivity index (χ1n) is 8.90. The van der Waals surface area contributed by atoms with Gasteiger partial charge in [0.2, 0.25) is 5.91 Å². The minimum absolute atomic E-state index is 0.00518. The number of carbonyl (C=O) groups excluding carboxylic acids is 1. The molecule has 0 saturated carbocycles. The molecule has 1 amide bonds. The fourth-order valence-electron chi connectivity index (χ4n) is 3.51. The van der Waals surface area contributed by atoms with Crippen molar-refractivity contribution in [2.75, 3.05) is 6.54 Å². The molecule has 3 heterocycles. The van der Waals surface area contributed by atoms with E-state index in [0.29, 0.717) is 16.8 Å². The summed E-state index contributed by atoms with van der Waals surface area (Å²) in [6, 6.07) is 1.96. The summed E-state index contributed by atoms with van der Waals surface area (Å²) in [6.07, 6.45) is 3.14. The van der Waals surface area contributed by atoms with Crippen molar-refractivity contribution in [3.8, 4) is 0 Å². The number of rotatable bonds is 4. The van der Waals surface area contributed by atoms with Crippen molar-refractivity contribution in [3.63, 3.8) is 0 Å². The average molecular weight is 363 g/mol. The van der Waals surface area contributed by atoms with Gasteiger partial charge in [0, 0.05) is 19.1 Å². The molecule has 7 heteroatoms. The maximum Gasteiger partial charge on any atom is 0.332 e. The Balaban J connectivity index is 2.03. The van der Waals surface area contributed by atoms with E-state index in [4.69, 9.17) is 0 Å². The first-order valence-corrected chi connectivity index (χ1v) is 9.78. The number of fused-ring (bicyclic) bond motifs is 1. The topological polar surface area (TPSA) is 64.3 Å². The summed E-state index contributed by atoms with van der Waals surface area (Å²) in [4.78, 5) is 40.2. The van der Waals surface area contributed by atoms with E-state index in [2.05, 4.69) is 6.92 Å². The Hall–Kier alpha value is -1.89. The monoisotopic (exact) mass is 363 g/mol. The lowest BCUT2D eigenvalue weighted by molar-refractivity contribution is -0.135. The minimum atomic E-state index is -0.386. The normalized spacial score (nSPS) is 18.2. The maximum atomic E-state index is 12.9. The summed E-state index contributed by atoms with van der Waals surface area (Å²) in [7, 11) is 0. The summed E-state index contributed by atoms with van der Waals surface area (Å²) >= 11 is 1.32. The Morgan fingerprint density at radius 2 is 2.04 bits per heavy atom. The van der Waals surface area contributed by atoms with Crippen molar-refractivity contribution in [2.45, 2.75) is 59.2 Å². The van der Waals surface area contributed by atoms with Gasteiger partial charge in [-0.05, 0) is 43.6 Å². The summed E-state index contributed by atoms with van der Waals surface area (Å²) in [6.45, 7) is 7.09. The van der Waals surface area contributed by atoms with Crippen LogP contribution in [0.1, 0.15) is 40.0 Å². The fraction of sp³-hybridized carbons (Fsp3) is 0.611. The second kappa shape index (κ2) is 7.15. The second-order valence-electron chi connectivity index (χ2n) is 7.25. The van der Waals surface area contributed by atoms with E-state index >= 15 is 0 Å². The maximum absolute atomic E-state index is 12.9. The van der Waals surface area contributed by atoms with E-state index in [0.717, 1.165) is 25.8 Å². The summed E-state index contributed by atoms with van der Waals surface area (Å²) in [5.74, 6) is 0.130. The molecule has 25 heavy (non-hydrogen) atoms. The number of nitrogens with zero attached hydrogens (tertiary/aromatic N) is 3. The molecule has 3 rings (SSSR count). The van der Waals surface area contributed by atoms with Crippen LogP contribution in [0.5, 0.6) is 0 Å². The van der Waals surface area contributed by atoms with Gasteiger partial charge in [0.15, 0.2) is 0 Å². The molecular weight excluding hydrogens is 338 g/mol. The van der Waals surface area contributed by atoms with Gasteiger partial charge in [-0.25, -0.2) is 4.79 Å². The molecule has 6 nitrogen and oxygen atoms in total. The third-order valence-electron chi connectivity index (χ3n) is 4.80. The summed E-state index contributed by atoms with van der Waals surface area (Å²) in [5, 5.41) is 1.80. The number of thiophene rings is 1. The van der Waals surface area contributed by atoms with Crippen LogP contribution in [0.15, 0.2) is 21.0 Å². The number of likely N-dealkylation sites (tertiary alicyclic amines) is 1. The Labute approximate surface area is 150 Å². The van der Waals surface area contributed by atoms with Gasteiger partial charge in [-0.2, -0.15) is 0 Å². The zero-order valence-electron chi connectivity index (χ0n) is 15.0. The molecule has 1 fully saturated rings. The van der Waals surface area contributed by atoms with Crippen LogP contribution >= 0.6 is 11.3 Å². The van der Waals surface area contributed by atoms with E-state index in [9.17, 15) is 14.4 Å². The van der Waals surface area contributed by atoms with Gasteiger partial charge < -0.3 is 4.90 Å². The van der Waals surface area contributed by atoms with Crippen molar-refractivity contribution >= 4 is 27.5 Å². The quantitative estimate of drug-likeness (QED) is 0.837. The van der Waals surface area contributed by atoms with Crippen LogP contribution in [-0.2, 0) is 17.9 Å². The van der Waals surface area contributed by atoms with Crippen molar-refractivity contribution in [1.29, 1.82) is 0 Å². The largest absolute Gasteiger partial charge is 0.338 e. The highest BCUT2D eigenvalue weighted by molar-refractivity contribution is 7.17. The molecule has 2 aromatic rings. The standard InChI is InChI=1S/C18H25N3O3S/c1-12(2)10-21-17(23)16-14(7-9-25-16)20(18(21)24)11-15(22)19-8-5-4-6-13(19)3/h7,9,12-13H,4-6,8,10-11H2,1-3H3/t13-/m1/s1. The smallest absolute Gasteiger partial charge is 0.332 e. The molecule has 1 aliphatic heterocycles. The minimum Gasteiger partial charge on any atom is -0.338 e. The van der Waals surface area contributed by atoms with Crippen molar-refractivity contribution < 1.29 is 4.79 Å². The van der Waals surface area contributed by atoms with Crippen LogP contribution in [0.4, 0.5) is 0 Å². The van der Waals surface area contributed by atoms with Crippen LogP contribution in [0, 0.1) is 5.92 Å². The van der Waals surface area contributed by atoms with E-state index < -0.39 is 0 Å². The molecular formula is C18H25N3O3S. The van der Waals surface area contributed by atoms with E-state index in [1.807, 2.05) is 18.7 Å². The van der Waals surface area contributed by atoms with Gasteiger partial charge in [0.25, 0.3) is 5.56 Å². The molecule has 1 saturated heterocycles. The Kier molecular flexibility index (Phi) is 5.13. The van der Waals surface area contributed by atoms with Crippen LogP contribution in [0.3, 0.4) is 0 Å². The zero-order valence-corrected chi connectivity index (χ0v) is 15.8. The number of carbonyl (C=O) groups is 1. The van der Waals surface area contributed by atoms with E-state index in [1.165, 1.54) is 20.5 Å². The Morgan fingerprint density at radius 1 is 1.28 bits per heavy atom. The first kappa shape index (κ1) is 17.9. The van der Waals surface area contributed by atoms with E-state index in [-0.39, 0.29) is 35.7 Å². The first-order chi connectivity index (χ1) is 11.9. The van der Waals surface area contributed by atoms with Gasteiger partial charge >= 0.3 is 5.69 Å². The van der Waals surface area contributed by atoms with Crippen LogP contribution in [0.25, 0.3) is 10.2 Å². The zero-order chi connectivity index (χ0) is 18.1. The van der Waals surface area contributed by atoms with Crippen molar-refractivity contribution in [3.05, 3.63) is 32.3 Å². The molecule has 1 aliphatic rings. The van der Waals surface area contributed by atoms with Crippen molar-refractivity contribution in [1.82, 2.24) is 14.0 Å². The van der Waals surface area contributed by atoms with E-state index in [1.54, 1.807) is 11.4 Å². The second-order valence-corrected chi connectivity index (χ2v) is 8.16. The molecule has 0 aromatic carbocycles. The average Bonchev–Trinajstić information content (AvgIpc) is 3.05. The predicted molar refractivity (Wildman–Crippen MR) is 100 cm³/mol. The molecule has 0 unspecified atom stereocenters. The Morgan fingerprint density at radius 3 is 2.72 bits per heavy atom. The number of amides is 1. The molecule has 1 atom stereocenters. The third kappa shape index (κ3) is 3.42. The molecule has 0 bridgehead atoms. The lowest BCUT2D eigenvalue weighted by atomic mass is 10.0. The number of hydrogen-bond donors (Lipinski definition) is 0. The number of piperidine rings is 1. The van der Waals surface area contributed by atoms with Gasteiger partial charge in [-0.15, -0.1) is 11.3 Å². The van der Waals surface area contributed by atoms with Crippen LogP contribution in [-0.4, -0.2) is 32.5 Å². The van der Waals surface area contributed by atoms with Crippen LogP contribution in [0.2, 0.25) is 0 Å². The SMILES string of the molecule is CC(C)Cn1c(=O)c2sccc2n(CC(=O)N2CCCC[C@H]2C)c1=O.